The van der Waals surface area contributed by atoms with E-state index in [4.69, 9.17) is 4.84 Å². The molecular weight excluding hydrogens is 218 g/mol. The Morgan fingerprint density at radius 1 is 1.29 bits per heavy atom. The van der Waals surface area contributed by atoms with Gasteiger partial charge in [0, 0.05) is 13.0 Å². The molecule has 0 radical (unpaired) electrons. The third-order valence-electron chi connectivity index (χ3n) is 2.01. The molecule has 0 aliphatic rings. The fourth-order valence-electron chi connectivity index (χ4n) is 1.06. The van der Waals surface area contributed by atoms with E-state index < -0.39 is 6.09 Å². The number of rotatable bonds is 2. The highest BCUT2D eigenvalue weighted by molar-refractivity contribution is 5.86. The van der Waals surface area contributed by atoms with Gasteiger partial charge in [-0.2, -0.15) is 0 Å². The van der Waals surface area contributed by atoms with Crippen molar-refractivity contribution in [2.45, 2.75) is 13.8 Å². The van der Waals surface area contributed by atoms with Crippen molar-refractivity contribution in [3.8, 4) is 0 Å². The maximum absolute atomic E-state index is 10.9. The molecule has 1 amide bonds. The van der Waals surface area contributed by atoms with E-state index in [1.54, 1.807) is 0 Å². The fourth-order valence-corrected chi connectivity index (χ4v) is 1.06. The lowest BCUT2D eigenvalue weighted by molar-refractivity contribution is 0.120. The topological polar surface area (TPSA) is 62.7 Å². The summed E-state index contributed by atoms with van der Waals surface area (Å²) in [7, 11) is 1.49. The van der Waals surface area contributed by atoms with Gasteiger partial charge in [-0.3, -0.25) is 0 Å². The summed E-state index contributed by atoms with van der Waals surface area (Å²) in [5.41, 5.74) is 3.37. The number of hydroxylamine groups is 1. The predicted octanol–water partition coefficient (Wildman–Crippen LogP) is 2.23. The second-order valence-electron chi connectivity index (χ2n) is 3.73. The molecule has 0 bridgehead atoms. The maximum Gasteiger partial charge on any atom is 0.431 e. The number of amidine groups is 1. The van der Waals surface area contributed by atoms with Gasteiger partial charge in [-0.15, -0.1) is 0 Å². The first-order chi connectivity index (χ1) is 8.13. The monoisotopic (exact) mass is 235 g/mol. The van der Waals surface area contributed by atoms with E-state index in [1.165, 1.54) is 7.05 Å². The summed E-state index contributed by atoms with van der Waals surface area (Å²) in [6.07, 6.45) is -0.550. The van der Waals surface area contributed by atoms with Gasteiger partial charge in [0.25, 0.3) is 0 Å². The first-order valence-corrected chi connectivity index (χ1v) is 5.41. The summed E-state index contributed by atoms with van der Waals surface area (Å²) in [4.78, 5) is 20.1. The molecule has 0 aliphatic heterocycles. The largest absolute Gasteiger partial charge is 0.431 e. The lowest BCUT2D eigenvalue weighted by Gasteiger charge is -2.12. The van der Waals surface area contributed by atoms with Crippen LogP contribution in [0.15, 0.2) is 35.3 Å². The predicted molar refractivity (Wildman–Crippen MR) is 67.1 cm³/mol. The van der Waals surface area contributed by atoms with Crippen LogP contribution in [0.5, 0.6) is 0 Å². The molecule has 17 heavy (non-hydrogen) atoms. The zero-order chi connectivity index (χ0) is 12.7. The van der Waals surface area contributed by atoms with Crippen molar-refractivity contribution in [2.24, 2.45) is 10.9 Å². The molecular formula is C12H17N3O2. The quantitative estimate of drug-likeness (QED) is 0.469. The summed E-state index contributed by atoms with van der Waals surface area (Å²) in [6, 6.07) is 9.48. The van der Waals surface area contributed by atoms with Crippen molar-refractivity contribution in [2.75, 3.05) is 7.05 Å². The molecule has 0 unspecified atom stereocenters. The number of nitrogens with one attached hydrogen (secondary N) is 2. The number of carbonyl (C=O) groups is 1. The van der Waals surface area contributed by atoms with Crippen LogP contribution in [0.4, 0.5) is 10.5 Å². The minimum atomic E-state index is -0.550. The van der Waals surface area contributed by atoms with Crippen LogP contribution in [-0.4, -0.2) is 19.0 Å². The van der Waals surface area contributed by atoms with Crippen molar-refractivity contribution in [3.63, 3.8) is 0 Å². The van der Waals surface area contributed by atoms with Crippen LogP contribution in [0.3, 0.4) is 0 Å². The normalized spacial score (nSPS) is 11.2. The van der Waals surface area contributed by atoms with Gasteiger partial charge in [0.1, 0.15) is 5.84 Å². The number of hydrogen-bond acceptors (Lipinski definition) is 3. The summed E-state index contributed by atoms with van der Waals surface area (Å²) in [5, 5.41) is 2.34. The molecule has 1 rings (SSSR count). The second-order valence-corrected chi connectivity index (χ2v) is 3.73. The lowest BCUT2D eigenvalue weighted by atomic mass is 10.2. The Morgan fingerprint density at radius 2 is 1.94 bits per heavy atom. The highest BCUT2D eigenvalue weighted by Gasteiger charge is 2.07. The Bertz CT molecular complexity index is 388. The Morgan fingerprint density at radius 3 is 2.47 bits per heavy atom. The van der Waals surface area contributed by atoms with Crippen LogP contribution in [0.2, 0.25) is 0 Å². The molecule has 0 saturated carbocycles. The van der Waals surface area contributed by atoms with Gasteiger partial charge in [-0.25, -0.2) is 15.3 Å². The summed E-state index contributed by atoms with van der Waals surface area (Å²) < 4.78 is 0. The zero-order valence-electron chi connectivity index (χ0n) is 10.2. The molecule has 0 spiro atoms. The smallest absolute Gasteiger partial charge is 0.323 e. The average molecular weight is 235 g/mol. The zero-order valence-corrected chi connectivity index (χ0v) is 10.2. The Balaban J connectivity index is 2.72. The van der Waals surface area contributed by atoms with Gasteiger partial charge < -0.3 is 10.2 Å². The molecule has 92 valence electrons. The molecule has 1 aromatic carbocycles. The Hall–Kier alpha value is -2.04. The Labute approximate surface area is 101 Å². The SMILES string of the molecule is CNC(=O)ONC(=Nc1ccccc1)C(C)C. The summed E-state index contributed by atoms with van der Waals surface area (Å²) in [5.74, 6) is 0.722. The molecule has 5 heteroatoms. The van der Waals surface area contributed by atoms with Crippen LogP contribution in [0.1, 0.15) is 13.8 Å². The molecule has 1 aromatic rings. The van der Waals surface area contributed by atoms with Gasteiger partial charge in [-0.1, -0.05) is 32.0 Å². The molecule has 0 saturated heterocycles. The van der Waals surface area contributed by atoms with Crippen molar-refractivity contribution in [1.82, 2.24) is 10.8 Å². The second kappa shape index (κ2) is 6.52. The fraction of sp³-hybridized carbons (Fsp3) is 0.333. The van der Waals surface area contributed by atoms with E-state index >= 15 is 0 Å². The molecule has 0 heterocycles. The number of amides is 1. The van der Waals surface area contributed by atoms with E-state index in [0.29, 0.717) is 5.84 Å². The van der Waals surface area contributed by atoms with Crippen LogP contribution in [0, 0.1) is 5.92 Å². The average Bonchev–Trinajstić information content (AvgIpc) is 2.34. The van der Waals surface area contributed by atoms with Crippen molar-refractivity contribution < 1.29 is 9.63 Å². The third-order valence-corrected chi connectivity index (χ3v) is 2.01. The first-order valence-electron chi connectivity index (χ1n) is 5.41. The highest BCUT2D eigenvalue weighted by Crippen LogP contribution is 2.11. The van der Waals surface area contributed by atoms with Gasteiger partial charge in [0.2, 0.25) is 0 Å². The molecule has 0 atom stereocenters. The minimum absolute atomic E-state index is 0.125. The molecule has 2 N–H and O–H groups in total. The van der Waals surface area contributed by atoms with Crippen LogP contribution in [0.25, 0.3) is 0 Å². The molecule has 0 aromatic heterocycles. The van der Waals surface area contributed by atoms with E-state index in [9.17, 15) is 4.79 Å². The molecule has 5 nitrogen and oxygen atoms in total. The first kappa shape index (κ1) is 13.0. The number of benzene rings is 1. The van der Waals surface area contributed by atoms with E-state index in [-0.39, 0.29) is 5.92 Å². The van der Waals surface area contributed by atoms with E-state index in [1.807, 2.05) is 44.2 Å². The Kier molecular flexibility index (Phi) is 5.00. The van der Waals surface area contributed by atoms with Crippen molar-refractivity contribution in [1.29, 1.82) is 0 Å². The van der Waals surface area contributed by atoms with Crippen molar-refractivity contribution in [3.05, 3.63) is 30.3 Å². The van der Waals surface area contributed by atoms with Crippen LogP contribution in [-0.2, 0) is 4.84 Å². The standard InChI is InChI=1S/C12H17N3O2/c1-9(2)11(15-17-12(16)13-3)14-10-7-5-4-6-8-10/h4-9H,1-3H3,(H,13,16)(H,14,15). The number of aliphatic imine (C=N–C) groups is 1. The minimum Gasteiger partial charge on any atom is -0.323 e. The van der Waals surface area contributed by atoms with Gasteiger partial charge in [0.05, 0.1) is 5.69 Å². The third kappa shape index (κ3) is 4.55. The van der Waals surface area contributed by atoms with E-state index in [2.05, 4.69) is 15.8 Å². The van der Waals surface area contributed by atoms with E-state index in [0.717, 1.165) is 5.69 Å². The number of hydrogen-bond donors (Lipinski definition) is 2. The van der Waals surface area contributed by atoms with Gasteiger partial charge in [-0.05, 0) is 12.1 Å². The summed E-state index contributed by atoms with van der Waals surface area (Å²) in [6.45, 7) is 3.92. The number of para-hydroxylation sites is 1. The lowest BCUT2D eigenvalue weighted by Crippen LogP contribution is -2.34. The number of nitrogens with zero attached hydrogens (tertiary/aromatic N) is 1. The van der Waals surface area contributed by atoms with Gasteiger partial charge in [0.15, 0.2) is 0 Å². The molecule has 0 aliphatic carbocycles. The molecule has 0 fully saturated rings. The van der Waals surface area contributed by atoms with Crippen molar-refractivity contribution >= 4 is 17.6 Å². The van der Waals surface area contributed by atoms with Gasteiger partial charge >= 0.3 is 6.09 Å². The van der Waals surface area contributed by atoms with Crippen LogP contribution < -0.4 is 10.8 Å². The van der Waals surface area contributed by atoms with Crippen LogP contribution >= 0.6 is 0 Å². The summed E-state index contributed by atoms with van der Waals surface area (Å²) >= 11 is 0. The highest BCUT2D eigenvalue weighted by atomic mass is 16.7. The number of carbonyl (C=O) groups excluding carboxylic acids is 1. The maximum atomic E-state index is 10.9.